The molecule has 7 nitrogen and oxygen atoms in total. The summed E-state index contributed by atoms with van der Waals surface area (Å²) in [5.74, 6) is 1.79. The summed E-state index contributed by atoms with van der Waals surface area (Å²) in [5.41, 5.74) is 2.70. The molecule has 4 heterocycles. The maximum Gasteiger partial charge on any atom is 0.179 e. The van der Waals surface area contributed by atoms with Gasteiger partial charge in [0.2, 0.25) is 0 Å². The van der Waals surface area contributed by atoms with Crippen molar-refractivity contribution in [3.63, 3.8) is 0 Å². The maximum absolute atomic E-state index is 14.6. The number of aliphatic hydroxyl groups is 1. The molecule has 0 bridgehead atoms. The van der Waals surface area contributed by atoms with E-state index in [9.17, 15) is 9.50 Å². The molecule has 2 fully saturated rings. The van der Waals surface area contributed by atoms with E-state index in [1.807, 2.05) is 20.0 Å². The van der Waals surface area contributed by atoms with Gasteiger partial charge in [0.25, 0.3) is 0 Å². The molecule has 5 rings (SSSR count). The van der Waals surface area contributed by atoms with Crippen molar-refractivity contribution in [1.82, 2.24) is 24.6 Å². The highest BCUT2D eigenvalue weighted by molar-refractivity contribution is 6.30. The molecule has 0 aliphatic carbocycles. The summed E-state index contributed by atoms with van der Waals surface area (Å²) in [5, 5.41) is 14.3. The largest absolute Gasteiger partial charge is 0.395 e. The number of aromatic nitrogens is 4. The molecule has 33 heavy (non-hydrogen) atoms. The first-order valence-electron chi connectivity index (χ1n) is 11.7. The normalized spacial score (nSPS) is 20.9. The highest BCUT2D eigenvalue weighted by Gasteiger charge is 2.36. The van der Waals surface area contributed by atoms with E-state index in [0.29, 0.717) is 28.1 Å². The summed E-state index contributed by atoms with van der Waals surface area (Å²) < 4.78 is 16.3. The standard InChI is InChI=1S/C24H30ClFN6O/c1-15-23-24(32(29-15)16(2)20-6-5-19(25)10-21(20)26)28-22(11-27-23)31-13-18(14-31)17-4-3-7-30(12-17)8-9-33/h5-6,10-11,16-18,33H,3-4,7-9,12-14H2,1-2H3/t16-,17+/m1/s1. The number of piperidine rings is 1. The van der Waals surface area contributed by atoms with Gasteiger partial charge in [-0.05, 0) is 57.2 Å². The fraction of sp³-hybridized carbons (Fsp3) is 0.542. The average Bonchev–Trinajstić information content (AvgIpc) is 3.09. The first-order chi connectivity index (χ1) is 15.9. The predicted octanol–water partition coefficient (Wildman–Crippen LogP) is 3.68. The zero-order chi connectivity index (χ0) is 23.1. The lowest BCUT2D eigenvalue weighted by molar-refractivity contribution is 0.101. The molecule has 2 saturated heterocycles. The summed E-state index contributed by atoms with van der Waals surface area (Å²) in [6.07, 6.45) is 4.27. The Morgan fingerprint density at radius 3 is 2.82 bits per heavy atom. The number of likely N-dealkylation sites (tertiary alicyclic amines) is 1. The van der Waals surface area contributed by atoms with Crippen molar-refractivity contribution in [1.29, 1.82) is 0 Å². The summed E-state index contributed by atoms with van der Waals surface area (Å²) in [6, 6.07) is 4.38. The number of halogens is 2. The van der Waals surface area contributed by atoms with Gasteiger partial charge in [-0.3, -0.25) is 0 Å². The SMILES string of the molecule is Cc1nn([C@H](C)c2ccc(Cl)cc2F)c2nc(N3CC([C@H]4CCCN(CCO)C4)C3)cnc12. The van der Waals surface area contributed by atoms with Crippen LogP contribution in [0.5, 0.6) is 0 Å². The van der Waals surface area contributed by atoms with Crippen LogP contribution in [0.25, 0.3) is 11.2 Å². The van der Waals surface area contributed by atoms with Crippen molar-refractivity contribution in [2.45, 2.75) is 32.7 Å². The lowest BCUT2D eigenvalue weighted by Crippen LogP contribution is -2.54. The van der Waals surface area contributed by atoms with E-state index in [1.54, 1.807) is 16.8 Å². The number of β-amino-alcohol motifs (C(OH)–C–C–N with tert-alkyl or cyclic N) is 1. The van der Waals surface area contributed by atoms with Gasteiger partial charge < -0.3 is 14.9 Å². The van der Waals surface area contributed by atoms with Gasteiger partial charge in [-0.1, -0.05) is 17.7 Å². The predicted molar refractivity (Wildman–Crippen MR) is 127 cm³/mol. The van der Waals surface area contributed by atoms with Crippen LogP contribution >= 0.6 is 11.6 Å². The minimum absolute atomic E-state index is 0.227. The molecule has 0 unspecified atom stereocenters. The number of fused-ring (bicyclic) bond motifs is 1. The van der Waals surface area contributed by atoms with Gasteiger partial charge in [0.15, 0.2) is 5.65 Å². The third-order valence-electron chi connectivity index (χ3n) is 7.20. The van der Waals surface area contributed by atoms with E-state index in [1.165, 1.54) is 18.9 Å². The van der Waals surface area contributed by atoms with Crippen LogP contribution in [0, 0.1) is 24.6 Å². The van der Waals surface area contributed by atoms with Crippen molar-refractivity contribution in [2.75, 3.05) is 44.2 Å². The van der Waals surface area contributed by atoms with Crippen LogP contribution in [-0.2, 0) is 0 Å². The molecule has 0 amide bonds. The van der Waals surface area contributed by atoms with Gasteiger partial charge in [0, 0.05) is 36.8 Å². The Labute approximate surface area is 198 Å². The van der Waals surface area contributed by atoms with E-state index < -0.39 is 0 Å². The van der Waals surface area contributed by atoms with Crippen LogP contribution in [0.1, 0.15) is 37.1 Å². The van der Waals surface area contributed by atoms with E-state index in [0.717, 1.165) is 49.8 Å². The lowest BCUT2D eigenvalue weighted by atomic mass is 9.80. The number of aliphatic hydroxyl groups excluding tert-OH is 1. The molecule has 1 aromatic carbocycles. The Hall–Kier alpha value is -2.29. The molecular formula is C24H30ClFN6O. The topological polar surface area (TPSA) is 70.3 Å². The minimum atomic E-state index is -0.353. The van der Waals surface area contributed by atoms with Crippen molar-refractivity contribution in [3.05, 3.63) is 46.5 Å². The number of hydrogen-bond donors (Lipinski definition) is 1. The minimum Gasteiger partial charge on any atom is -0.395 e. The number of benzene rings is 1. The fourth-order valence-electron chi connectivity index (χ4n) is 5.25. The molecule has 2 aliphatic rings. The van der Waals surface area contributed by atoms with Gasteiger partial charge in [0.05, 0.1) is 24.5 Å². The van der Waals surface area contributed by atoms with Crippen LogP contribution in [0.3, 0.4) is 0 Å². The number of anilines is 1. The zero-order valence-corrected chi connectivity index (χ0v) is 19.8. The molecule has 176 valence electrons. The summed E-state index contributed by atoms with van der Waals surface area (Å²) in [6.45, 7) is 8.89. The Morgan fingerprint density at radius 2 is 2.06 bits per heavy atom. The second kappa shape index (κ2) is 9.16. The van der Waals surface area contributed by atoms with Crippen molar-refractivity contribution in [2.24, 2.45) is 11.8 Å². The molecule has 3 aromatic rings. The van der Waals surface area contributed by atoms with Gasteiger partial charge in [0.1, 0.15) is 17.2 Å². The summed E-state index contributed by atoms with van der Waals surface area (Å²) >= 11 is 5.93. The third kappa shape index (κ3) is 4.32. The molecule has 2 aliphatic heterocycles. The highest BCUT2D eigenvalue weighted by Crippen LogP contribution is 2.34. The molecule has 0 spiro atoms. The second-order valence-corrected chi connectivity index (χ2v) is 9.80. The maximum atomic E-state index is 14.6. The van der Waals surface area contributed by atoms with E-state index in [2.05, 4.69) is 19.9 Å². The third-order valence-corrected chi connectivity index (χ3v) is 7.43. The number of rotatable bonds is 6. The Morgan fingerprint density at radius 1 is 1.24 bits per heavy atom. The molecule has 1 N–H and O–H groups in total. The number of nitrogens with zero attached hydrogens (tertiary/aromatic N) is 6. The summed E-state index contributed by atoms with van der Waals surface area (Å²) in [7, 11) is 0. The smallest absolute Gasteiger partial charge is 0.179 e. The van der Waals surface area contributed by atoms with E-state index in [-0.39, 0.29) is 18.5 Å². The molecule has 2 atom stereocenters. The van der Waals surface area contributed by atoms with Gasteiger partial charge in [-0.25, -0.2) is 19.0 Å². The van der Waals surface area contributed by atoms with Crippen molar-refractivity contribution in [3.8, 4) is 0 Å². The van der Waals surface area contributed by atoms with Gasteiger partial charge in [-0.2, -0.15) is 5.10 Å². The van der Waals surface area contributed by atoms with E-state index >= 15 is 0 Å². The number of aryl methyl sites for hydroxylation is 1. The first kappa shape index (κ1) is 22.5. The Bertz CT molecular complexity index is 1150. The number of hydrogen-bond acceptors (Lipinski definition) is 6. The quantitative estimate of drug-likeness (QED) is 0.590. The lowest BCUT2D eigenvalue weighted by Gasteiger charge is -2.47. The van der Waals surface area contributed by atoms with Gasteiger partial charge in [-0.15, -0.1) is 0 Å². The highest BCUT2D eigenvalue weighted by atomic mass is 35.5. The van der Waals surface area contributed by atoms with Crippen LogP contribution in [0.2, 0.25) is 5.02 Å². The monoisotopic (exact) mass is 472 g/mol. The Kier molecular flexibility index (Phi) is 6.24. The van der Waals surface area contributed by atoms with Crippen LogP contribution < -0.4 is 4.90 Å². The molecule has 2 aromatic heterocycles. The van der Waals surface area contributed by atoms with Crippen LogP contribution in [0.15, 0.2) is 24.4 Å². The Balaban J connectivity index is 1.35. The molecular weight excluding hydrogens is 443 g/mol. The van der Waals surface area contributed by atoms with Crippen molar-refractivity contribution >= 4 is 28.6 Å². The molecule has 9 heteroatoms. The summed E-state index contributed by atoms with van der Waals surface area (Å²) in [4.78, 5) is 14.2. The first-order valence-corrected chi connectivity index (χ1v) is 12.1. The molecule has 0 saturated carbocycles. The fourth-order valence-corrected chi connectivity index (χ4v) is 5.41. The second-order valence-electron chi connectivity index (χ2n) is 9.36. The van der Waals surface area contributed by atoms with Crippen molar-refractivity contribution < 1.29 is 9.50 Å². The average molecular weight is 473 g/mol. The zero-order valence-electron chi connectivity index (χ0n) is 19.1. The van der Waals surface area contributed by atoms with Crippen LogP contribution in [0.4, 0.5) is 10.2 Å². The van der Waals surface area contributed by atoms with Gasteiger partial charge >= 0.3 is 0 Å². The molecule has 0 radical (unpaired) electrons. The van der Waals surface area contributed by atoms with Crippen LogP contribution in [-0.4, -0.2) is 69.1 Å². The van der Waals surface area contributed by atoms with E-state index in [4.69, 9.17) is 16.6 Å².